The maximum Gasteiger partial charge on any atom is 0.151 e. The van der Waals surface area contributed by atoms with Crippen molar-refractivity contribution in [1.82, 2.24) is 4.98 Å². The summed E-state index contributed by atoms with van der Waals surface area (Å²) >= 11 is 0. The molecule has 88 valence electrons. The third-order valence-electron chi connectivity index (χ3n) is 2.17. The minimum Gasteiger partial charge on any atom is -0.395 e. The number of aliphatic hydroxyl groups excluding tert-OH is 1. The van der Waals surface area contributed by atoms with Crippen LogP contribution in [0.1, 0.15) is 10.4 Å². The van der Waals surface area contributed by atoms with Gasteiger partial charge in [0.15, 0.2) is 6.29 Å². The lowest BCUT2D eigenvalue weighted by Crippen LogP contribution is -2.30. The van der Waals surface area contributed by atoms with E-state index in [0.29, 0.717) is 25.3 Å². The molecule has 0 aromatic carbocycles. The van der Waals surface area contributed by atoms with Gasteiger partial charge in [-0.15, -0.1) is 0 Å². The highest BCUT2D eigenvalue weighted by Gasteiger charge is 2.06. The van der Waals surface area contributed by atoms with Gasteiger partial charge in [0.2, 0.25) is 0 Å². The molecule has 16 heavy (non-hydrogen) atoms. The Morgan fingerprint density at radius 1 is 1.50 bits per heavy atom. The Morgan fingerprint density at radius 3 is 2.81 bits per heavy atom. The number of methoxy groups -OCH3 is 1. The topological polar surface area (TPSA) is 62.7 Å². The van der Waals surface area contributed by atoms with Crippen LogP contribution in [-0.2, 0) is 4.74 Å². The largest absolute Gasteiger partial charge is 0.395 e. The van der Waals surface area contributed by atoms with E-state index >= 15 is 0 Å². The third kappa shape index (κ3) is 3.60. The van der Waals surface area contributed by atoms with Crippen LogP contribution in [-0.4, -0.2) is 49.8 Å². The molecule has 0 aliphatic heterocycles. The number of pyridine rings is 1. The highest BCUT2D eigenvalue weighted by Crippen LogP contribution is 2.09. The molecule has 0 spiro atoms. The molecule has 1 N–H and O–H groups in total. The van der Waals surface area contributed by atoms with Crippen LogP contribution in [0.4, 0.5) is 5.82 Å². The van der Waals surface area contributed by atoms with Crippen molar-refractivity contribution in [3.05, 3.63) is 23.9 Å². The Hall–Kier alpha value is -1.46. The van der Waals surface area contributed by atoms with E-state index in [-0.39, 0.29) is 6.61 Å². The minimum atomic E-state index is 0.0564. The summed E-state index contributed by atoms with van der Waals surface area (Å²) in [5, 5.41) is 8.93. The average Bonchev–Trinajstić information content (AvgIpc) is 2.35. The number of rotatable bonds is 7. The van der Waals surface area contributed by atoms with Crippen molar-refractivity contribution in [3.8, 4) is 0 Å². The average molecular weight is 224 g/mol. The maximum absolute atomic E-state index is 10.5. The van der Waals surface area contributed by atoms with E-state index in [1.165, 1.54) is 6.20 Å². The molecule has 1 aromatic heterocycles. The third-order valence-corrected chi connectivity index (χ3v) is 2.17. The number of aliphatic hydroxyl groups is 1. The molecular formula is C11H16N2O3. The van der Waals surface area contributed by atoms with E-state index in [0.717, 1.165) is 12.1 Å². The number of anilines is 1. The van der Waals surface area contributed by atoms with E-state index in [1.807, 2.05) is 4.90 Å². The summed E-state index contributed by atoms with van der Waals surface area (Å²) in [6.45, 7) is 1.78. The zero-order chi connectivity index (χ0) is 11.8. The molecule has 0 saturated heterocycles. The van der Waals surface area contributed by atoms with Gasteiger partial charge in [-0.2, -0.15) is 0 Å². The van der Waals surface area contributed by atoms with Gasteiger partial charge in [0.1, 0.15) is 5.82 Å². The monoisotopic (exact) mass is 224 g/mol. The summed E-state index contributed by atoms with van der Waals surface area (Å²) in [6.07, 6.45) is 2.27. The first-order chi connectivity index (χ1) is 7.81. The molecule has 0 unspecified atom stereocenters. The number of hydrogen-bond acceptors (Lipinski definition) is 5. The number of carbonyl (C=O) groups is 1. The smallest absolute Gasteiger partial charge is 0.151 e. The second kappa shape index (κ2) is 6.92. The molecular weight excluding hydrogens is 208 g/mol. The number of aromatic nitrogens is 1. The summed E-state index contributed by atoms with van der Waals surface area (Å²) in [7, 11) is 1.63. The lowest BCUT2D eigenvalue weighted by molar-refractivity contribution is 0.112. The van der Waals surface area contributed by atoms with Crippen molar-refractivity contribution in [3.63, 3.8) is 0 Å². The van der Waals surface area contributed by atoms with E-state index in [4.69, 9.17) is 9.84 Å². The lowest BCUT2D eigenvalue weighted by Gasteiger charge is -2.22. The number of ether oxygens (including phenoxy) is 1. The molecule has 0 bridgehead atoms. The van der Waals surface area contributed by atoms with E-state index in [2.05, 4.69) is 4.98 Å². The van der Waals surface area contributed by atoms with Gasteiger partial charge in [-0.25, -0.2) is 4.98 Å². The van der Waals surface area contributed by atoms with Gasteiger partial charge in [-0.1, -0.05) is 0 Å². The van der Waals surface area contributed by atoms with Crippen LogP contribution in [0.5, 0.6) is 0 Å². The molecule has 0 aliphatic rings. The first-order valence-electron chi connectivity index (χ1n) is 5.07. The van der Waals surface area contributed by atoms with Gasteiger partial charge in [-0.05, 0) is 12.1 Å². The van der Waals surface area contributed by atoms with Crippen molar-refractivity contribution < 1.29 is 14.6 Å². The molecule has 5 heteroatoms. The standard InChI is InChI=1S/C11H16N2O3/c1-16-7-5-13(4-6-14)11-3-2-10(9-15)8-12-11/h2-3,8-9,14H,4-7H2,1H3. The van der Waals surface area contributed by atoms with Crippen molar-refractivity contribution in [2.45, 2.75) is 0 Å². The molecule has 1 aromatic rings. The predicted molar refractivity (Wildman–Crippen MR) is 60.8 cm³/mol. The summed E-state index contributed by atoms with van der Waals surface area (Å²) < 4.78 is 4.98. The number of aldehydes is 1. The molecule has 0 amide bonds. The number of nitrogens with zero attached hydrogens (tertiary/aromatic N) is 2. The predicted octanol–water partition coefficient (Wildman–Crippen LogP) is 0.339. The fourth-order valence-corrected chi connectivity index (χ4v) is 1.32. The van der Waals surface area contributed by atoms with Crippen molar-refractivity contribution >= 4 is 12.1 Å². The van der Waals surface area contributed by atoms with Crippen LogP contribution in [0.2, 0.25) is 0 Å². The molecule has 1 rings (SSSR count). The highest BCUT2D eigenvalue weighted by molar-refractivity contribution is 5.74. The zero-order valence-electron chi connectivity index (χ0n) is 9.30. The van der Waals surface area contributed by atoms with Gasteiger partial charge < -0.3 is 14.7 Å². The first-order valence-corrected chi connectivity index (χ1v) is 5.07. The molecule has 5 nitrogen and oxygen atoms in total. The van der Waals surface area contributed by atoms with Gasteiger partial charge in [0, 0.05) is 32.0 Å². The Morgan fingerprint density at radius 2 is 2.31 bits per heavy atom. The van der Waals surface area contributed by atoms with Crippen molar-refractivity contribution in [2.24, 2.45) is 0 Å². The lowest BCUT2D eigenvalue weighted by atomic mass is 10.3. The van der Waals surface area contributed by atoms with Gasteiger partial charge >= 0.3 is 0 Å². The van der Waals surface area contributed by atoms with Crippen LogP contribution in [0, 0.1) is 0 Å². The van der Waals surface area contributed by atoms with Gasteiger partial charge in [-0.3, -0.25) is 4.79 Å². The molecule has 0 fully saturated rings. The Kier molecular flexibility index (Phi) is 5.45. The first kappa shape index (κ1) is 12.6. The zero-order valence-corrected chi connectivity index (χ0v) is 9.30. The Bertz CT molecular complexity index is 314. The summed E-state index contributed by atoms with van der Waals surface area (Å²) in [4.78, 5) is 16.5. The van der Waals surface area contributed by atoms with Crippen molar-refractivity contribution in [1.29, 1.82) is 0 Å². The van der Waals surface area contributed by atoms with Gasteiger partial charge in [0.25, 0.3) is 0 Å². The quantitative estimate of drug-likeness (QED) is 0.677. The highest BCUT2D eigenvalue weighted by atomic mass is 16.5. The minimum absolute atomic E-state index is 0.0564. The molecule has 0 aliphatic carbocycles. The summed E-state index contributed by atoms with van der Waals surface area (Å²) in [5.41, 5.74) is 0.541. The Labute approximate surface area is 94.7 Å². The SMILES string of the molecule is COCCN(CCO)c1ccc(C=O)cn1. The fourth-order valence-electron chi connectivity index (χ4n) is 1.32. The normalized spacial score (nSPS) is 10.1. The van der Waals surface area contributed by atoms with Crippen LogP contribution >= 0.6 is 0 Å². The van der Waals surface area contributed by atoms with E-state index in [9.17, 15) is 4.79 Å². The number of hydrogen-bond donors (Lipinski definition) is 1. The second-order valence-corrected chi connectivity index (χ2v) is 3.27. The van der Waals surface area contributed by atoms with Gasteiger partial charge in [0.05, 0.1) is 13.2 Å². The van der Waals surface area contributed by atoms with Crippen molar-refractivity contribution in [2.75, 3.05) is 38.3 Å². The summed E-state index contributed by atoms with van der Waals surface area (Å²) in [5.74, 6) is 0.733. The molecule has 0 atom stereocenters. The van der Waals surface area contributed by atoms with Crippen LogP contribution in [0.3, 0.4) is 0 Å². The van der Waals surface area contributed by atoms with E-state index < -0.39 is 0 Å². The van der Waals surface area contributed by atoms with Crippen LogP contribution in [0.15, 0.2) is 18.3 Å². The summed E-state index contributed by atoms with van der Waals surface area (Å²) in [6, 6.07) is 3.46. The second-order valence-electron chi connectivity index (χ2n) is 3.27. The maximum atomic E-state index is 10.5. The van der Waals surface area contributed by atoms with Crippen LogP contribution < -0.4 is 4.90 Å². The number of carbonyl (C=O) groups excluding carboxylic acids is 1. The van der Waals surface area contributed by atoms with E-state index in [1.54, 1.807) is 19.2 Å². The molecule has 0 saturated carbocycles. The molecule has 0 radical (unpaired) electrons. The fraction of sp³-hybridized carbons (Fsp3) is 0.455. The Balaban J connectivity index is 2.70. The molecule has 1 heterocycles. The van der Waals surface area contributed by atoms with Crippen LogP contribution in [0.25, 0.3) is 0 Å².